The lowest BCUT2D eigenvalue weighted by Gasteiger charge is -2.06. The number of unbranched alkanes of at least 4 members (excludes halogenated alkanes) is 7. The molecule has 0 atom stereocenters. The van der Waals surface area contributed by atoms with E-state index in [1.165, 1.54) is 0 Å². The molecule has 0 heterocycles. The standard InChI is InChI=1S/C20H34O8/c1-3-17(21)25-15-27-19(23)13-11-9-7-5-6-8-10-12-14-20(24)28-16-26-18(22)4-2/h3-16H2,1-2H3. The zero-order chi connectivity index (χ0) is 21.0. The third-order valence-electron chi connectivity index (χ3n) is 3.97. The van der Waals surface area contributed by atoms with Crippen molar-refractivity contribution in [2.24, 2.45) is 0 Å². The maximum Gasteiger partial charge on any atom is 0.308 e. The van der Waals surface area contributed by atoms with Crippen molar-refractivity contribution >= 4 is 23.9 Å². The highest BCUT2D eigenvalue weighted by molar-refractivity contribution is 5.71. The van der Waals surface area contributed by atoms with Crippen molar-refractivity contribution in [3.05, 3.63) is 0 Å². The molecule has 0 aliphatic rings. The van der Waals surface area contributed by atoms with Crippen LogP contribution >= 0.6 is 0 Å². The monoisotopic (exact) mass is 402 g/mol. The minimum atomic E-state index is -0.387. The summed E-state index contributed by atoms with van der Waals surface area (Å²) in [6.07, 6.45) is 8.87. The van der Waals surface area contributed by atoms with E-state index in [2.05, 4.69) is 9.47 Å². The van der Waals surface area contributed by atoms with Crippen LogP contribution in [0.4, 0.5) is 0 Å². The Morgan fingerprint density at radius 1 is 0.464 bits per heavy atom. The Kier molecular flexibility index (Phi) is 16.9. The fraction of sp³-hybridized carbons (Fsp3) is 0.800. The third-order valence-corrected chi connectivity index (χ3v) is 3.97. The van der Waals surface area contributed by atoms with E-state index in [4.69, 9.17) is 9.47 Å². The summed E-state index contributed by atoms with van der Waals surface area (Å²) < 4.78 is 18.9. The molecule has 0 unspecified atom stereocenters. The quantitative estimate of drug-likeness (QED) is 0.205. The fourth-order valence-corrected chi connectivity index (χ4v) is 2.27. The van der Waals surface area contributed by atoms with Gasteiger partial charge in [0, 0.05) is 25.7 Å². The van der Waals surface area contributed by atoms with E-state index in [1.807, 2.05) is 0 Å². The molecule has 0 amide bonds. The molecule has 0 saturated carbocycles. The summed E-state index contributed by atoms with van der Waals surface area (Å²) in [6, 6.07) is 0. The van der Waals surface area contributed by atoms with Gasteiger partial charge in [0.05, 0.1) is 0 Å². The van der Waals surface area contributed by atoms with Crippen molar-refractivity contribution in [3.8, 4) is 0 Å². The average Bonchev–Trinajstić information content (AvgIpc) is 2.68. The van der Waals surface area contributed by atoms with Gasteiger partial charge in [-0.1, -0.05) is 52.4 Å². The molecular formula is C20H34O8. The summed E-state index contributed by atoms with van der Waals surface area (Å²) >= 11 is 0. The summed E-state index contributed by atoms with van der Waals surface area (Å²) in [4.78, 5) is 44.6. The van der Waals surface area contributed by atoms with Crippen molar-refractivity contribution < 1.29 is 38.1 Å². The Balaban J connectivity index is 3.33. The highest BCUT2D eigenvalue weighted by atomic mass is 16.7. The Labute approximate surface area is 167 Å². The summed E-state index contributed by atoms with van der Waals surface area (Å²) in [5.41, 5.74) is 0. The smallest absolute Gasteiger partial charge is 0.308 e. The second-order valence-corrected chi connectivity index (χ2v) is 6.34. The average molecular weight is 402 g/mol. The normalized spacial score (nSPS) is 10.2. The van der Waals surface area contributed by atoms with E-state index in [0.717, 1.165) is 51.4 Å². The van der Waals surface area contributed by atoms with Gasteiger partial charge in [0.1, 0.15) is 0 Å². The Hall–Kier alpha value is -2.12. The zero-order valence-corrected chi connectivity index (χ0v) is 17.2. The second-order valence-electron chi connectivity index (χ2n) is 6.34. The number of esters is 4. The van der Waals surface area contributed by atoms with Crippen LogP contribution in [0.2, 0.25) is 0 Å². The third kappa shape index (κ3) is 17.3. The Morgan fingerprint density at radius 2 is 0.750 bits per heavy atom. The molecular weight excluding hydrogens is 368 g/mol. The molecule has 8 heteroatoms. The van der Waals surface area contributed by atoms with Gasteiger partial charge in [-0.3, -0.25) is 19.2 Å². The van der Waals surface area contributed by atoms with Crippen LogP contribution in [-0.2, 0) is 38.1 Å². The molecule has 0 aromatic rings. The van der Waals surface area contributed by atoms with Crippen LogP contribution in [0.25, 0.3) is 0 Å². The zero-order valence-electron chi connectivity index (χ0n) is 17.2. The maximum atomic E-state index is 11.4. The lowest BCUT2D eigenvalue weighted by atomic mass is 10.1. The van der Waals surface area contributed by atoms with Crippen LogP contribution in [0.1, 0.15) is 90.9 Å². The van der Waals surface area contributed by atoms with Crippen LogP contribution in [0, 0.1) is 0 Å². The largest absolute Gasteiger partial charge is 0.428 e. The molecule has 0 aliphatic heterocycles. The first-order valence-electron chi connectivity index (χ1n) is 10.1. The van der Waals surface area contributed by atoms with Gasteiger partial charge in [0.2, 0.25) is 13.6 Å². The molecule has 162 valence electrons. The van der Waals surface area contributed by atoms with E-state index < -0.39 is 0 Å². The number of carbonyl (C=O) groups excluding carboxylic acids is 4. The first kappa shape index (κ1) is 25.9. The number of hydrogen-bond donors (Lipinski definition) is 0. The summed E-state index contributed by atoms with van der Waals surface area (Å²) in [5, 5.41) is 0. The molecule has 0 spiro atoms. The maximum absolute atomic E-state index is 11.4. The topological polar surface area (TPSA) is 105 Å². The van der Waals surface area contributed by atoms with Gasteiger partial charge >= 0.3 is 23.9 Å². The fourth-order valence-electron chi connectivity index (χ4n) is 2.27. The Bertz CT molecular complexity index is 419. The molecule has 0 N–H and O–H groups in total. The molecule has 0 bridgehead atoms. The second kappa shape index (κ2) is 18.3. The molecule has 0 fully saturated rings. The molecule has 0 aromatic carbocycles. The van der Waals surface area contributed by atoms with Crippen LogP contribution in [-0.4, -0.2) is 37.5 Å². The minimum absolute atomic E-state index is 0.262. The predicted molar refractivity (Wildman–Crippen MR) is 101 cm³/mol. The van der Waals surface area contributed by atoms with Crippen molar-refractivity contribution in [2.75, 3.05) is 13.6 Å². The molecule has 8 nitrogen and oxygen atoms in total. The molecule has 28 heavy (non-hydrogen) atoms. The first-order valence-corrected chi connectivity index (χ1v) is 10.1. The van der Waals surface area contributed by atoms with E-state index in [0.29, 0.717) is 12.8 Å². The van der Waals surface area contributed by atoms with Crippen LogP contribution in [0.5, 0.6) is 0 Å². The van der Waals surface area contributed by atoms with Gasteiger partial charge < -0.3 is 18.9 Å². The molecule has 0 radical (unpaired) electrons. The highest BCUT2D eigenvalue weighted by Gasteiger charge is 2.06. The SMILES string of the molecule is CCC(=O)OCOC(=O)CCCCCCCCCCC(=O)OCOC(=O)CC. The van der Waals surface area contributed by atoms with E-state index in [9.17, 15) is 19.2 Å². The van der Waals surface area contributed by atoms with Crippen LogP contribution in [0.3, 0.4) is 0 Å². The van der Waals surface area contributed by atoms with Crippen molar-refractivity contribution in [3.63, 3.8) is 0 Å². The van der Waals surface area contributed by atoms with Crippen LogP contribution in [0.15, 0.2) is 0 Å². The van der Waals surface area contributed by atoms with Crippen molar-refractivity contribution in [1.82, 2.24) is 0 Å². The summed E-state index contributed by atoms with van der Waals surface area (Å²) in [5.74, 6) is -1.47. The van der Waals surface area contributed by atoms with Crippen molar-refractivity contribution in [1.29, 1.82) is 0 Å². The van der Waals surface area contributed by atoms with Gasteiger partial charge in [0.15, 0.2) is 0 Å². The van der Waals surface area contributed by atoms with Crippen molar-refractivity contribution in [2.45, 2.75) is 90.9 Å². The number of rotatable bonds is 17. The van der Waals surface area contributed by atoms with E-state index >= 15 is 0 Å². The van der Waals surface area contributed by atoms with Crippen LogP contribution < -0.4 is 0 Å². The van der Waals surface area contributed by atoms with Gasteiger partial charge in [-0.05, 0) is 12.8 Å². The summed E-state index contributed by atoms with van der Waals surface area (Å²) in [7, 11) is 0. The Morgan fingerprint density at radius 3 is 1.07 bits per heavy atom. The van der Waals surface area contributed by atoms with Gasteiger partial charge in [0.25, 0.3) is 0 Å². The molecule has 0 aromatic heterocycles. The number of ether oxygens (including phenoxy) is 4. The van der Waals surface area contributed by atoms with E-state index in [-0.39, 0.29) is 50.3 Å². The molecule has 0 saturated heterocycles. The lowest BCUT2D eigenvalue weighted by Crippen LogP contribution is -2.11. The molecule has 0 aliphatic carbocycles. The number of carbonyl (C=O) groups is 4. The minimum Gasteiger partial charge on any atom is -0.428 e. The molecule has 0 rings (SSSR count). The summed E-state index contributed by atoms with van der Waals surface area (Å²) in [6.45, 7) is 2.74. The number of hydrogen-bond acceptors (Lipinski definition) is 8. The first-order chi connectivity index (χ1) is 13.5. The van der Waals surface area contributed by atoms with Gasteiger partial charge in [-0.2, -0.15) is 0 Å². The highest BCUT2D eigenvalue weighted by Crippen LogP contribution is 2.11. The predicted octanol–water partition coefficient (Wildman–Crippen LogP) is 3.80. The lowest BCUT2D eigenvalue weighted by molar-refractivity contribution is -0.168. The van der Waals surface area contributed by atoms with Gasteiger partial charge in [-0.25, -0.2) is 0 Å². The van der Waals surface area contributed by atoms with Gasteiger partial charge in [-0.15, -0.1) is 0 Å². The van der Waals surface area contributed by atoms with E-state index in [1.54, 1.807) is 13.8 Å².